The molecule has 0 unspecified atom stereocenters. The Morgan fingerprint density at radius 3 is 2.85 bits per heavy atom. The van der Waals surface area contributed by atoms with Gasteiger partial charge in [-0.05, 0) is 38.9 Å². The van der Waals surface area contributed by atoms with Crippen LogP contribution in [0.1, 0.15) is 12.8 Å². The normalized spacial score (nSPS) is 20.4. The van der Waals surface area contributed by atoms with E-state index in [1.807, 2.05) is 6.08 Å². The Morgan fingerprint density at radius 1 is 1.54 bits per heavy atom. The molecule has 1 aliphatic rings. The molecule has 1 aliphatic heterocycles. The molecule has 13 heavy (non-hydrogen) atoms. The second kappa shape index (κ2) is 5.68. The molecule has 3 heteroatoms. The zero-order valence-electron chi connectivity index (χ0n) is 8.07. The Labute approximate surface area is 79.1 Å². The lowest BCUT2D eigenvalue weighted by Crippen LogP contribution is -2.29. The molecule has 0 saturated carbocycles. The zero-order valence-corrected chi connectivity index (χ0v) is 8.07. The van der Waals surface area contributed by atoms with Gasteiger partial charge in [-0.2, -0.15) is 0 Å². The molecule has 0 aromatic heterocycles. The smallest absolute Gasteiger partial charge is 0.235 e. The third-order valence-electron chi connectivity index (χ3n) is 2.43. The van der Waals surface area contributed by atoms with Crippen molar-refractivity contribution in [1.29, 1.82) is 0 Å². The number of rotatable bonds is 3. The molecular formula is C10H16N2O. The molecule has 72 valence electrons. The van der Waals surface area contributed by atoms with E-state index < -0.39 is 0 Å². The summed E-state index contributed by atoms with van der Waals surface area (Å²) in [7, 11) is 2.15. The fourth-order valence-electron chi connectivity index (χ4n) is 1.56. The SMILES string of the molecule is CN1CCC(/C=C\CN=C=O)CC1. The van der Waals surface area contributed by atoms with E-state index in [9.17, 15) is 4.79 Å². The lowest BCUT2D eigenvalue weighted by Gasteiger charge is -2.26. The van der Waals surface area contributed by atoms with Crippen molar-refractivity contribution in [2.45, 2.75) is 12.8 Å². The maximum absolute atomic E-state index is 9.77. The molecule has 0 N–H and O–H groups in total. The molecule has 1 heterocycles. The third kappa shape index (κ3) is 4.02. The predicted molar refractivity (Wildman–Crippen MR) is 52.3 cm³/mol. The fourth-order valence-corrected chi connectivity index (χ4v) is 1.56. The Bertz CT molecular complexity index is 211. The van der Waals surface area contributed by atoms with Crippen LogP contribution in [0.3, 0.4) is 0 Å². The summed E-state index contributed by atoms with van der Waals surface area (Å²) in [6.07, 6.45) is 8.10. The molecule has 0 bridgehead atoms. The lowest BCUT2D eigenvalue weighted by atomic mass is 9.97. The minimum Gasteiger partial charge on any atom is -0.306 e. The minimum atomic E-state index is 0.482. The minimum absolute atomic E-state index is 0.482. The summed E-state index contributed by atoms with van der Waals surface area (Å²) < 4.78 is 0. The van der Waals surface area contributed by atoms with E-state index in [4.69, 9.17) is 0 Å². The molecule has 0 aliphatic carbocycles. The van der Waals surface area contributed by atoms with Crippen LogP contribution in [-0.2, 0) is 4.79 Å². The van der Waals surface area contributed by atoms with Crippen LogP contribution < -0.4 is 0 Å². The van der Waals surface area contributed by atoms with Crippen LogP contribution in [0.25, 0.3) is 0 Å². The highest BCUT2D eigenvalue weighted by atomic mass is 16.1. The largest absolute Gasteiger partial charge is 0.306 e. The van der Waals surface area contributed by atoms with Gasteiger partial charge in [-0.1, -0.05) is 12.2 Å². The van der Waals surface area contributed by atoms with Gasteiger partial charge in [-0.25, -0.2) is 9.79 Å². The van der Waals surface area contributed by atoms with Crippen LogP contribution in [0.2, 0.25) is 0 Å². The molecule has 1 saturated heterocycles. The Balaban J connectivity index is 2.21. The maximum atomic E-state index is 9.77. The summed E-state index contributed by atoms with van der Waals surface area (Å²) in [6.45, 7) is 2.83. The van der Waals surface area contributed by atoms with E-state index in [0.717, 1.165) is 0 Å². The lowest BCUT2D eigenvalue weighted by molar-refractivity contribution is 0.244. The first kappa shape index (κ1) is 10.2. The van der Waals surface area contributed by atoms with E-state index in [0.29, 0.717) is 12.5 Å². The van der Waals surface area contributed by atoms with Gasteiger partial charge < -0.3 is 4.90 Å². The van der Waals surface area contributed by atoms with Gasteiger partial charge >= 0.3 is 0 Å². The molecule has 0 radical (unpaired) electrons. The van der Waals surface area contributed by atoms with Crippen molar-refractivity contribution in [2.24, 2.45) is 10.9 Å². The van der Waals surface area contributed by atoms with Gasteiger partial charge in [0.05, 0.1) is 6.54 Å². The third-order valence-corrected chi connectivity index (χ3v) is 2.43. The topological polar surface area (TPSA) is 32.7 Å². The summed E-state index contributed by atoms with van der Waals surface area (Å²) >= 11 is 0. The molecule has 0 aromatic carbocycles. The van der Waals surface area contributed by atoms with E-state index in [2.05, 4.69) is 23.0 Å². The van der Waals surface area contributed by atoms with Gasteiger partial charge in [0.1, 0.15) is 0 Å². The average Bonchev–Trinajstić information content (AvgIpc) is 2.15. The van der Waals surface area contributed by atoms with Crippen LogP contribution >= 0.6 is 0 Å². The first-order valence-corrected chi connectivity index (χ1v) is 4.72. The van der Waals surface area contributed by atoms with E-state index in [1.165, 1.54) is 32.0 Å². The second-order valence-electron chi connectivity index (χ2n) is 3.50. The summed E-state index contributed by atoms with van der Waals surface area (Å²) in [6, 6.07) is 0. The predicted octanol–water partition coefficient (Wildman–Crippen LogP) is 1.22. The van der Waals surface area contributed by atoms with Crippen molar-refractivity contribution < 1.29 is 4.79 Å². The Morgan fingerprint density at radius 2 is 2.23 bits per heavy atom. The van der Waals surface area contributed by atoms with Gasteiger partial charge in [0, 0.05) is 0 Å². The van der Waals surface area contributed by atoms with E-state index >= 15 is 0 Å². The maximum Gasteiger partial charge on any atom is 0.235 e. The average molecular weight is 180 g/mol. The monoisotopic (exact) mass is 180 g/mol. The van der Waals surface area contributed by atoms with Gasteiger partial charge in [-0.15, -0.1) is 0 Å². The highest BCUT2D eigenvalue weighted by Crippen LogP contribution is 2.16. The summed E-state index contributed by atoms with van der Waals surface area (Å²) in [5.41, 5.74) is 0. The second-order valence-corrected chi connectivity index (χ2v) is 3.50. The number of piperidine rings is 1. The molecule has 0 spiro atoms. The van der Waals surface area contributed by atoms with Crippen molar-refractivity contribution in [2.75, 3.05) is 26.7 Å². The number of hydrogen-bond acceptors (Lipinski definition) is 3. The molecule has 1 rings (SSSR count). The van der Waals surface area contributed by atoms with Crippen molar-refractivity contribution in [3.05, 3.63) is 12.2 Å². The highest BCUT2D eigenvalue weighted by molar-refractivity contribution is 5.33. The summed E-state index contributed by atoms with van der Waals surface area (Å²) in [5, 5.41) is 0. The van der Waals surface area contributed by atoms with Crippen LogP contribution in [0, 0.1) is 5.92 Å². The number of aliphatic imine (C=N–C) groups is 1. The van der Waals surface area contributed by atoms with Crippen molar-refractivity contribution in [1.82, 2.24) is 4.90 Å². The molecule has 0 amide bonds. The zero-order chi connectivity index (χ0) is 9.52. The molecular weight excluding hydrogens is 164 g/mol. The molecule has 3 nitrogen and oxygen atoms in total. The number of nitrogens with zero attached hydrogens (tertiary/aromatic N) is 2. The number of isocyanates is 1. The standard InChI is InChI=1S/C10H16N2O/c1-12-7-4-10(5-8-12)3-2-6-11-9-13/h2-3,10H,4-8H2,1H3/b3-2-. The van der Waals surface area contributed by atoms with Crippen molar-refractivity contribution in [3.63, 3.8) is 0 Å². The first-order chi connectivity index (χ1) is 6.33. The number of allylic oxidation sites excluding steroid dienone is 1. The first-order valence-electron chi connectivity index (χ1n) is 4.72. The van der Waals surface area contributed by atoms with E-state index in [-0.39, 0.29) is 0 Å². The van der Waals surface area contributed by atoms with Crippen LogP contribution in [0.5, 0.6) is 0 Å². The van der Waals surface area contributed by atoms with Crippen LogP contribution in [-0.4, -0.2) is 37.7 Å². The summed E-state index contributed by atoms with van der Waals surface area (Å²) in [5.74, 6) is 0.679. The fraction of sp³-hybridized carbons (Fsp3) is 0.700. The number of hydrogen-bond donors (Lipinski definition) is 0. The van der Waals surface area contributed by atoms with Gasteiger partial charge in [0.2, 0.25) is 6.08 Å². The Kier molecular flexibility index (Phi) is 4.44. The van der Waals surface area contributed by atoms with Crippen molar-refractivity contribution >= 4 is 6.08 Å². The molecule has 0 atom stereocenters. The number of carbonyl (C=O) groups excluding carboxylic acids is 1. The van der Waals surface area contributed by atoms with Gasteiger partial charge in [-0.3, -0.25) is 0 Å². The Hall–Kier alpha value is -0.920. The molecule has 1 fully saturated rings. The summed E-state index contributed by atoms with van der Waals surface area (Å²) in [4.78, 5) is 15.6. The highest BCUT2D eigenvalue weighted by Gasteiger charge is 2.13. The molecule has 0 aromatic rings. The van der Waals surface area contributed by atoms with Gasteiger partial charge in [0.25, 0.3) is 0 Å². The van der Waals surface area contributed by atoms with Crippen molar-refractivity contribution in [3.8, 4) is 0 Å². The van der Waals surface area contributed by atoms with Gasteiger partial charge in [0.15, 0.2) is 0 Å². The number of likely N-dealkylation sites (tertiary alicyclic amines) is 1. The van der Waals surface area contributed by atoms with Crippen LogP contribution in [0.15, 0.2) is 17.1 Å². The van der Waals surface area contributed by atoms with Crippen LogP contribution in [0.4, 0.5) is 0 Å². The van der Waals surface area contributed by atoms with E-state index in [1.54, 1.807) is 0 Å². The quantitative estimate of drug-likeness (QED) is 0.371.